The fraction of sp³-hybridized carbons (Fsp3) is 0.571. The molecule has 98 valence electrons. The number of benzene rings is 1. The van der Waals surface area contributed by atoms with E-state index in [2.05, 4.69) is 10.2 Å². The molecule has 0 saturated carbocycles. The van der Waals surface area contributed by atoms with Gasteiger partial charge in [-0.2, -0.15) is 0 Å². The summed E-state index contributed by atoms with van der Waals surface area (Å²) in [4.78, 5) is 2.56. The molecule has 0 aromatic heterocycles. The van der Waals surface area contributed by atoms with E-state index in [0.29, 0.717) is 23.7 Å². The first-order chi connectivity index (χ1) is 8.74. The van der Waals surface area contributed by atoms with Gasteiger partial charge in [0, 0.05) is 30.2 Å². The molecule has 1 N–H and O–H groups in total. The molecule has 1 aromatic carbocycles. The van der Waals surface area contributed by atoms with Crippen LogP contribution in [-0.2, 0) is 6.54 Å². The van der Waals surface area contributed by atoms with E-state index in [9.17, 15) is 4.39 Å². The molecule has 2 fully saturated rings. The van der Waals surface area contributed by atoms with Gasteiger partial charge in [-0.3, -0.25) is 4.90 Å². The van der Waals surface area contributed by atoms with Gasteiger partial charge < -0.3 is 5.32 Å². The lowest BCUT2D eigenvalue weighted by Crippen LogP contribution is -2.38. The molecule has 0 spiro atoms. The minimum atomic E-state index is -0.217. The monoisotopic (exact) mass is 268 g/mol. The van der Waals surface area contributed by atoms with Crippen molar-refractivity contribution in [3.8, 4) is 0 Å². The second-order valence-electron chi connectivity index (χ2n) is 5.26. The van der Waals surface area contributed by atoms with Crippen LogP contribution >= 0.6 is 11.6 Å². The quantitative estimate of drug-likeness (QED) is 0.907. The first-order valence-corrected chi connectivity index (χ1v) is 7.03. The SMILES string of the molecule is Fc1ccc(Cl)c(CNC2CCN3CCCC23)c1. The van der Waals surface area contributed by atoms with Crippen molar-refractivity contribution in [3.63, 3.8) is 0 Å². The highest BCUT2D eigenvalue weighted by Crippen LogP contribution is 2.28. The van der Waals surface area contributed by atoms with Crippen LogP contribution < -0.4 is 5.32 Å². The van der Waals surface area contributed by atoms with E-state index in [4.69, 9.17) is 11.6 Å². The van der Waals surface area contributed by atoms with E-state index in [1.165, 1.54) is 44.5 Å². The Morgan fingerprint density at radius 1 is 1.33 bits per heavy atom. The lowest BCUT2D eigenvalue weighted by atomic mass is 10.1. The van der Waals surface area contributed by atoms with Crippen LogP contribution in [0, 0.1) is 5.82 Å². The van der Waals surface area contributed by atoms with Crippen LogP contribution in [0.25, 0.3) is 0 Å². The molecule has 18 heavy (non-hydrogen) atoms. The van der Waals surface area contributed by atoms with Gasteiger partial charge in [0.25, 0.3) is 0 Å². The fourth-order valence-corrected chi connectivity index (χ4v) is 3.42. The van der Waals surface area contributed by atoms with Gasteiger partial charge >= 0.3 is 0 Å². The van der Waals surface area contributed by atoms with Gasteiger partial charge in [-0.1, -0.05) is 11.6 Å². The van der Waals surface area contributed by atoms with Crippen molar-refractivity contribution in [3.05, 3.63) is 34.6 Å². The molecular weight excluding hydrogens is 251 g/mol. The number of hydrogen-bond acceptors (Lipinski definition) is 2. The van der Waals surface area contributed by atoms with Gasteiger partial charge in [-0.15, -0.1) is 0 Å². The molecule has 2 atom stereocenters. The summed E-state index contributed by atoms with van der Waals surface area (Å²) in [6, 6.07) is 5.77. The molecule has 2 aliphatic rings. The Balaban J connectivity index is 1.62. The van der Waals surface area contributed by atoms with Gasteiger partial charge in [-0.25, -0.2) is 4.39 Å². The summed E-state index contributed by atoms with van der Waals surface area (Å²) in [7, 11) is 0. The molecule has 0 amide bonds. The Morgan fingerprint density at radius 3 is 3.11 bits per heavy atom. The molecule has 4 heteroatoms. The minimum absolute atomic E-state index is 0.217. The van der Waals surface area contributed by atoms with Gasteiger partial charge in [-0.05, 0) is 49.6 Å². The molecular formula is C14H18ClFN2. The van der Waals surface area contributed by atoms with Crippen molar-refractivity contribution in [1.29, 1.82) is 0 Å². The Labute approximate surface area is 112 Å². The maximum Gasteiger partial charge on any atom is 0.123 e. The number of nitrogens with zero attached hydrogens (tertiary/aromatic N) is 1. The number of fused-ring (bicyclic) bond motifs is 1. The summed E-state index contributed by atoms with van der Waals surface area (Å²) < 4.78 is 13.2. The van der Waals surface area contributed by atoms with Crippen LogP contribution in [0.4, 0.5) is 4.39 Å². The lowest BCUT2D eigenvalue weighted by Gasteiger charge is -2.21. The van der Waals surface area contributed by atoms with Crippen molar-refractivity contribution in [2.45, 2.75) is 37.9 Å². The third-order valence-electron chi connectivity index (χ3n) is 4.17. The number of halogens is 2. The minimum Gasteiger partial charge on any atom is -0.308 e. The Kier molecular flexibility index (Phi) is 3.55. The van der Waals surface area contributed by atoms with Crippen molar-refractivity contribution in [1.82, 2.24) is 10.2 Å². The zero-order chi connectivity index (χ0) is 12.5. The van der Waals surface area contributed by atoms with Crippen LogP contribution in [0.5, 0.6) is 0 Å². The zero-order valence-corrected chi connectivity index (χ0v) is 11.1. The highest BCUT2D eigenvalue weighted by atomic mass is 35.5. The predicted octanol–water partition coefficient (Wildman–Crippen LogP) is 2.81. The molecule has 3 rings (SSSR count). The molecule has 1 aromatic rings. The highest BCUT2D eigenvalue weighted by Gasteiger charge is 2.36. The Bertz CT molecular complexity index is 438. The second-order valence-corrected chi connectivity index (χ2v) is 5.66. The number of rotatable bonds is 3. The van der Waals surface area contributed by atoms with Gasteiger partial charge in [0.1, 0.15) is 5.82 Å². The van der Waals surface area contributed by atoms with Crippen LogP contribution in [-0.4, -0.2) is 30.1 Å². The average Bonchev–Trinajstić information content (AvgIpc) is 2.93. The Hall–Kier alpha value is -0.640. The van der Waals surface area contributed by atoms with Crippen molar-refractivity contribution in [2.24, 2.45) is 0 Å². The van der Waals surface area contributed by atoms with Crippen molar-refractivity contribution in [2.75, 3.05) is 13.1 Å². The molecule has 2 unspecified atom stereocenters. The van der Waals surface area contributed by atoms with E-state index in [0.717, 1.165) is 5.56 Å². The summed E-state index contributed by atoms with van der Waals surface area (Å²) in [6.45, 7) is 3.09. The third-order valence-corrected chi connectivity index (χ3v) is 4.54. The van der Waals surface area contributed by atoms with Crippen LogP contribution in [0.1, 0.15) is 24.8 Å². The smallest absolute Gasteiger partial charge is 0.123 e. The molecule has 2 nitrogen and oxygen atoms in total. The average molecular weight is 269 g/mol. The maximum absolute atomic E-state index is 13.2. The maximum atomic E-state index is 13.2. The summed E-state index contributed by atoms with van der Waals surface area (Å²) in [5, 5.41) is 4.19. The van der Waals surface area contributed by atoms with E-state index < -0.39 is 0 Å². The highest BCUT2D eigenvalue weighted by molar-refractivity contribution is 6.31. The first-order valence-electron chi connectivity index (χ1n) is 6.65. The summed E-state index contributed by atoms with van der Waals surface area (Å²) in [6.07, 6.45) is 3.79. The molecule has 0 radical (unpaired) electrons. The lowest BCUT2D eigenvalue weighted by molar-refractivity contribution is 0.298. The third kappa shape index (κ3) is 2.40. The Morgan fingerprint density at radius 2 is 2.22 bits per heavy atom. The molecule has 2 saturated heterocycles. The second kappa shape index (κ2) is 5.16. The van der Waals surface area contributed by atoms with Crippen LogP contribution in [0.3, 0.4) is 0 Å². The standard InChI is InChI=1S/C14H18ClFN2/c15-12-4-3-11(16)8-10(12)9-17-13-5-7-18-6-1-2-14(13)18/h3-4,8,13-14,17H,1-2,5-7,9H2. The molecule has 2 aliphatic heterocycles. The van der Waals surface area contributed by atoms with Gasteiger partial charge in [0.05, 0.1) is 0 Å². The fourth-order valence-electron chi connectivity index (χ4n) is 3.24. The number of hydrogen-bond donors (Lipinski definition) is 1. The van der Waals surface area contributed by atoms with Gasteiger partial charge in [0.2, 0.25) is 0 Å². The molecule has 0 aliphatic carbocycles. The van der Waals surface area contributed by atoms with E-state index in [1.807, 2.05) is 0 Å². The normalized spacial score (nSPS) is 27.7. The van der Waals surface area contributed by atoms with E-state index >= 15 is 0 Å². The summed E-state index contributed by atoms with van der Waals surface area (Å²) in [5.74, 6) is -0.217. The molecule has 2 heterocycles. The van der Waals surface area contributed by atoms with Gasteiger partial charge in [0.15, 0.2) is 0 Å². The zero-order valence-electron chi connectivity index (χ0n) is 10.3. The first kappa shape index (κ1) is 12.4. The van der Waals surface area contributed by atoms with Crippen molar-refractivity contribution >= 4 is 11.6 Å². The predicted molar refractivity (Wildman–Crippen MR) is 71.2 cm³/mol. The topological polar surface area (TPSA) is 15.3 Å². The summed E-state index contributed by atoms with van der Waals surface area (Å²) in [5.41, 5.74) is 0.855. The molecule has 0 bridgehead atoms. The van der Waals surface area contributed by atoms with E-state index in [-0.39, 0.29) is 5.82 Å². The van der Waals surface area contributed by atoms with Crippen LogP contribution in [0.15, 0.2) is 18.2 Å². The number of nitrogens with one attached hydrogen (secondary N) is 1. The largest absolute Gasteiger partial charge is 0.308 e. The van der Waals surface area contributed by atoms with E-state index in [1.54, 1.807) is 6.07 Å². The van der Waals surface area contributed by atoms with Crippen LogP contribution in [0.2, 0.25) is 5.02 Å². The summed E-state index contributed by atoms with van der Waals surface area (Å²) >= 11 is 6.08. The van der Waals surface area contributed by atoms with Crippen molar-refractivity contribution < 1.29 is 4.39 Å².